The highest BCUT2D eigenvalue weighted by atomic mass is 16.5. The summed E-state index contributed by atoms with van der Waals surface area (Å²) in [6, 6.07) is 2.43. The van der Waals surface area contributed by atoms with Crippen LogP contribution in [-0.2, 0) is 9.47 Å². The van der Waals surface area contributed by atoms with Crippen LogP contribution in [-0.4, -0.2) is 37.0 Å². The summed E-state index contributed by atoms with van der Waals surface area (Å²) < 4.78 is 11.4. The zero-order chi connectivity index (χ0) is 14.4. The summed E-state index contributed by atoms with van der Waals surface area (Å²) in [4.78, 5) is 0. The van der Waals surface area contributed by atoms with Gasteiger partial charge in [-0.05, 0) is 46.6 Å². The fraction of sp³-hybridized carbons (Fsp3) is 0.933. The molecule has 1 N–H and O–H groups in total. The maximum atomic E-state index is 9.35. The van der Waals surface area contributed by atoms with Crippen LogP contribution in [0.5, 0.6) is 0 Å². The average molecular weight is 268 g/mol. The van der Waals surface area contributed by atoms with Gasteiger partial charge in [0.05, 0.1) is 31.0 Å². The lowest BCUT2D eigenvalue weighted by Gasteiger charge is -2.23. The third kappa shape index (κ3) is 5.90. The first-order chi connectivity index (χ1) is 8.91. The SMILES string of the molecule is CCCNC1(C#N)CCC(OCCOC(C)(C)C)C1. The Labute approximate surface area is 117 Å². The molecule has 19 heavy (non-hydrogen) atoms. The Morgan fingerprint density at radius 3 is 2.68 bits per heavy atom. The lowest BCUT2D eigenvalue weighted by atomic mass is 9.99. The van der Waals surface area contributed by atoms with Crippen LogP contribution in [0.2, 0.25) is 0 Å². The predicted molar refractivity (Wildman–Crippen MR) is 75.9 cm³/mol. The van der Waals surface area contributed by atoms with E-state index >= 15 is 0 Å². The number of ether oxygens (including phenoxy) is 2. The van der Waals surface area contributed by atoms with E-state index in [1.54, 1.807) is 0 Å². The first-order valence-corrected chi connectivity index (χ1v) is 7.33. The van der Waals surface area contributed by atoms with Gasteiger partial charge in [0.15, 0.2) is 0 Å². The van der Waals surface area contributed by atoms with Crippen molar-refractivity contribution >= 4 is 0 Å². The summed E-state index contributed by atoms with van der Waals surface area (Å²) in [6.45, 7) is 10.4. The molecular formula is C15H28N2O2. The largest absolute Gasteiger partial charge is 0.376 e. The minimum absolute atomic E-state index is 0.113. The maximum absolute atomic E-state index is 9.35. The molecule has 0 aromatic carbocycles. The van der Waals surface area contributed by atoms with E-state index < -0.39 is 0 Å². The molecule has 0 spiro atoms. The first kappa shape index (κ1) is 16.4. The summed E-state index contributed by atoms with van der Waals surface area (Å²) in [5.41, 5.74) is -0.482. The first-order valence-electron chi connectivity index (χ1n) is 7.33. The molecule has 0 aliphatic heterocycles. The lowest BCUT2D eigenvalue weighted by molar-refractivity contribution is -0.0508. The fourth-order valence-electron chi connectivity index (χ4n) is 2.37. The molecule has 4 heteroatoms. The van der Waals surface area contributed by atoms with Gasteiger partial charge in [-0.1, -0.05) is 6.92 Å². The van der Waals surface area contributed by atoms with E-state index in [1.807, 2.05) is 20.8 Å². The van der Waals surface area contributed by atoms with Crippen LogP contribution >= 0.6 is 0 Å². The van der Waals surface area contributed by atoms with Crippen molar-refractivity contribution in [3.8, 4) is 6.07 Å². The van der Waals surface area contributed by atoms with Crippen LogP contribution in [0.4, 0.5) is 0 Å². The van der Waals surface area contributed by atoms with Gasteiger partial charge in [0, 0.05) is 6.42 Å². The molecule has 2 unspecified atom stereocenters. The van der Waals surface area contributed by atoms with E-state index in [2.05, 4.69) is 18.3 Å². The fourth-order valence-corrected chi connectivity index (χ4v) is 2.37. The van der Waals surface area contributed by atoms with E-state index in [1.165, 1.54) is 0 Å². The number of hydrogen-bond donors (Lipinski definition) is 1. The third-order valence-electron chi connectivity index (χ3n) is 3.37. The number of hydrogen-bond acceptors (Lipinski definition) is 4. The van der Waals surface area contributed by atoms with Crippen molar-refractivity contribution in [2.45, 2.75) is 70.6 Å². The third-order valence-corrected chi connectivity index (χ3v) is 3.37. The van der Waals surface area contributed by atoms with Gasteiger partial charge < -0.3 is 9.47 Å². The molecule has 1 aliphatic rings. The van der Waals surface area contributed by atoms with Crippen molar-refractivity contribution in [1.82, 2.24) is 5.32 Å². The Kier molecular flexibility index (Phi) is 6.25. The monoisotopic (exact) mass is 268 g/mol. The van der Waals surface area contributed by atoms with Crippen LogP contribution in [0.25, 0.3) is 0 Å². The second kappa shape index (κ2) is 7.23. The zero-order valence-electron chi connectivity index (χ0n) is 12.8. The second-order valence-electron chi connectivity index (χ2n) is 6.32. The molecule has 2 atom stereocenters. The summed E-state index contributed by atoms with van der Waals surface area (Å²) in [5, 5.41) is 12.7. The van der Waals surface area contributed by atoms with Crippen molar-refractivity contribution < 1.29 is 9.47 Å². The van der Waals surface area contributed by atoms with Gasteiger partial charge in [-0.2, -0.15) is 5.26 Å². The van der Waals surface area contributed by atoms with Gasteiger partial charge >= 0.3 is 0 Å². The normalized spacial score (nSPS) is 27.4. The molecule has 0 bridgehead atoms. The molecule has 1 rings (SSSR count). The Morgan fingerprint density at radius 2 is 2.11 bits per heavy atom. The van der Waals surface area contributed by atoms with Crippen molar-refractivity contribution in [3.63, 3.8) is 0 Å². The Morgan fingerprint density at radius 1 is 1.37 bits per heavy atom. The quantitative estimate of drug-likeness (QED) is 0.721. The molecule has 0 amide bonds. The minimum Gasteiger partial charge on any atom is -0.376 e. The van der Waals surface area contributed by atoms with E-state index in [9.17, 15) is 5.26 Å². The molecule has 0 saturated heterocycles. The van der Waals surface area contributed by atoms with Gasteiger partial charge in [-0.15, -0.1) is 0 Å². The molecule has 0 aromatic heterocycles. The van der Waals surface area contributed by atoms with E-state index in [4.69, 9.17) is 9.47 Å². The van der Waals surface area contributed by atoms with Crippen LogP contribution in [0, 0.1) is 11.3 Å². The number of rotatable bonds is 7. The number of nitrogens with one attached hydrogen (secondary N) is 1. The van der Waals surface area contributed by atoms with Crippen LogP contribution in [0.1, 0.15) is 53.4 Å². The topological polar surface area (TPSA) is 54.3 Å². The summed E-state index contributed by atoms with van der Waals surface area (Å²) in [7, 11) is 0. The summed E-state index contributed by atoms with van der Waals surface area (Å²) >= 11 is 0. The predicted octanol–water partition coefficient (Wildman–Crippen LogP) is 2.63. The van der Waals surface area contributed by atoms with Crippen molar-refractivity contribution in [3.05, 3.63) is 0 Å². The molecule has 110 valence electrons. The van der Waals surface area contributed by atoms with Crippen LogP contribution in [0.3, 0.4) is 0 Å². The average Bonchev–Trinajstić information content (AvgIpc) is 2.75. The Bertz CT molecular complexity index is 306. The molecule has 1 saturated carbocycles. The molecule has 1 fully saturated rings. The number of nitrogens with zero attached hydrogens (tertiary/aromatic N) is 1. The highest BCUT2D eigenvalue weighted by Crippen LogP contribution is 2.31. The van der Waals surface area contributed by atoms with Gasteiger partial charge in [0.1, 0.15) is 5.54 Å². The van der Waals surface area contributed by atoms with E-state index in [-0.39, 0.29) is 17.2 Å². The van der Waals surface area contributed by atoms with E-state index in [0.717, 1.165) is 32.2 Å². The smallest absolute Gasteiger partial charge is 0.109 e. The molecule has 1 aliphatic carbocycles. The van der Waals surface area contributed by atoms with Crippen molar-refractivity contribution in [1.29, 1.82) is 5.26 Å². The van der Waals surface area contributed by atoms with Gasteiger partial charge in [-0.3, -0.25) is 5.32 Å². The zero-order valence-corrected chi connectivity index (χ0v) is 12.8. The Hall–Kier alpha value is -0.630. The maximum Gasteiger partial charge on any atom is 0.109 e. The molecule has 4 nitrogen and oxygen atoms in total. The van der Waals surface area contributed by atoms with Crippen LogP contribution in [0.15, 0.2) is 0 Å². The van der Waals surface area contributed by atoms with Crippen molar-refractivity contribution in [2.24, 2.45) is 0 Å². The summed E-state index contributed by atoms with van der Waals surface area (Å²) in [5.74, 6) is 0. The molecule has 0 heterocycles. The summed E-state index contributed by atoms with van der Waals surface area (Å²) in [6.07, 6.45) is 3.87. The molecular weight excluding hydrogens is 240 g/mol. The Balaban J connectivity index is 2.26. The highest BCUT2D eigenvalue weighted by Gasteiger charge is 2.39. The van der Waals surface area contributed by atoms with Gasteiger partial charge in [0.2, 0.25) is 0 Å². The van der Waals surface area contributed by atoms with Crippen molar-refractivity contribution in [2.75, 3.05) is 19.8 Å². The van der Waals surface area contributed by atoms with Gasteiger partial charge in [0.25, 0.3) is 0 Å². The minimum atomic E-state index is -0.369. The van der Waals surface area contributed by atoms with E-state index in [0.29, 0.717) is 13.2 Å². The van der Waals surface area contributed by atoms with Gasteiger partial charge in [-0.25, -0.2) is 0 Å². The standard InChI is InChI=1S/C15H28N2O2/c1-5-8-17-15(12-16)7-6-13(11-15)18-9-10-19-14(2,3)4/h13,17H,5-11H2,1-4H3. The number of nitriles is 1. The molecule has 0 radical (unpaired) electrons. The lowest BCUT2D eigenvalue weighted by Crippen LogP contribution is -2.42. The van der Waals surface area contributed by atoms with Crippen LogP contribution < -0.4 is 5.32 Å². The highest BCUT2D eigenvalue weighted by molar-refractivity contribution is 5.12. The second-order valence-corrected chi connectivity index (χ2v) is 6.32. The molecule has 0 aromatic rings.